The third-order valence-electron chi connectivity index (χ3n) is 1.06. The third kappa shape index (κ3) is 1.47. The van der Waals surface area contributed by atoms with E-state index in [0.717, 1.165) is 0 Å². The maximum Gasteiger partial charge on any atom is 0.271 e. The van der Waals surface area contributed by atoms with Crippen LogP contribution < -0.4 is 5.73 Å². The van der Waals surface area contributed by atoms with Gasteiger partial charge in [-0.15, -0.1) is 0 Å². The lowest BCUT2D eigenvalue weighted by Gasteiger charge is -1.95. The first-order valence-electron chi connectivity index (χ1n) is 2.91. The molecule has 1 aromatic heterocycles. The van der Waals surface area contributed by atoms with Gasteiger partial charge >= 0.3 is 0 Å². The Hall–Kier alpha value is -2.14. The number of carbonyl (C=O) groups excluding carboxylic acids is 1. The molecule has 0 saturated heterocycles. The lowest BCUT2D eigenvalue weighted by atomic mass is 10.4. The summed E-state index contributed by atoms with van der Waals surface area (Å²) in [6.07, 6.45) is 2.62. The number of hydrogen-bond donors (Lipinski definition) is 1. The van der Waals surface area contributed by atoms with Crippen molar-refractivity contribution in [2.75, 3.05) is 5.73 Å². The van der Waals surface area contributed by atoms with Crippen LogP contribution in [0.15, 0.2) is 17.5 Å². The summed E-state index contributed by atoms with van der Waals surface area (Å²) in [5.41, 5.74) is 13.1. The molecule has 7 nitrogen and oxygen atoms in total. The number of nitrogens with two attached hydrogens (primary N) is 1. The van der Waals surface area contributed by atoms with Gasteiger partial charge in [0.25, 0.3) is 5.91 Å². The summed E-state index contributed by atoms with van der Waals surface area (Å²) >= 11 is 0. The minimum Gasteiger partial charge on any atom is -0.382 e. The van der Waals surface area contributed by atoms with Crippen molar-refractivity contribution in [3.05, 3.63) is 28.5 Å². The van der Waals surface area contributed by atoms with Crippen molar-refractivity contribution in [1.29, 1.82) is 0 Å². The standard InChI is InChI=1S/C5H4N6O/c6-4-3(5(12)10-11-7)8-1-2-9-4/h1-2H,(H2,6,9). The summed E-state index contributed by atoms with van der Waals surface area (Å²) < 4.78 is 0. The molecule has 0 aliphatic rings. The topological polar surface area (TPSA) is 118 Å². The van der Waals surface area contributed by atoms with Crippen molar-refractivity contribution in [2.24, 2.45) is 5.11 Å². The van der Waals surface area contributed by atoms with Crippen molar-refractivity contribution in [3.8, 4) is 0 Å². The molecule has 0 bridgehead atoms. The maximum absolute atomic E-state index is 10.9. The van der Waals surface area contributed by atoms with Gasteiger partial charge in [-0.3, -0.25) is 4.79 Å². The zero-order valence-electron chi connectivity index (χ0n) is 5.88. The molecule has 1 heterocycles. The fourth-order valence-electron chi connectivity index (χ4n) is 0.602. The number of carbonyl (C=O) groups is 1. The van der Waals surface area contributed by atoms with E-state index in [2.05, 4.69) is 20.0 Å². The van der Waals surface area contributed by atoms with Crippen LogP contribution in [0.3, 0.4) is 0 Å². The fraction of sp³-hybridized carbons (Fsp3) is 0. The van der Waals surface area contributed by atoms with Crippen molar-refractivity contribution in [2.45, 2.75) is 0 Å². The van der Waals surface area contributed by atoms with Crippen LogP contribution in [0, 0.1) is 0 Å². The van der Waals surface area contributed by atoms with Crippen LogP contribution in [0.1, 0.15) is 10.5 Å². The number of nitrogen functional groups attached to an aromatic ring is 1. The molecular formula is C5H4N6O. The molecule has 0 radical (unpaired) electrons. The van der Waals surface area contributed by atoms with Gasteiger partial charge in [-0.1, -0.05) is 0 Å². The number of hydrogen-bond acceptors (Lipinski definition) is 4. The molecule has 7 heteroatoms. The number of aromatic nitrogens is 2. The number of amides is 1. The van der Waals surface area contributed by atoms with Crippen LogP contribution in [0.4, 0.5) is 5.82 Å². The Morgan fingerprint density at radius 2 is 2.25 bits per heavy atom. The Kier molecular flexibility index (Phi) is 2.20. The Balaban J connectivity index is 3.11. The van der Waals surface area contributed by atoms with Crippen LogP contribution in [-0.2, 0) is 0 Å². The van der Waals surface area contributed by atoms with Crippen LogP contribution in [0.2, 0.25) is 0 Å². The summed E-state index contributed by atoms with van der Waals surface area (Å²) in [6.45, 7) is 0. The highest BCUT2D eigenvalue weighted by atomic mass is 16.1. The lowest BCUT2D eigenvalue weighted by Crippen LogP contribution is -2.04. The molecule has 0 unspecified atom stereocenters. The summed E-state index contributed by atoms with van der Waals surface area (Å²) in [6, 6.07) is 0. The van der Waals surface area contributed by atoms with E-state index in [1.54, 1.807) is 0 Å². The fourth-order valence-corrected chi connectivity index (χ4v) is 0.602. The van der Waals surface area contributed by atoms with Crippen LogP contribution in [-0.4, -0.2) is 15.9 Å². The second kappa shape index (κ2) is 3.31. The predicted molar refractivity (Wildman–Crippen MR) is 39.9 cm³/mol. The van der Waals surface area contributed by atoms with E-state index < -0.39 is 5.91 Å². The van der Waals surface area contributed by atoms with Gasteiger partial charge in [0, 0.05) is 17.3 Å². The first-order valence-corrected chi connectivity index (χ1v) is 2.91. The monoisotopic (exact) mass is 164 g/mol. The zero-order valence-corrected chi connectivity index (χ0v) is 5.88. The third-order valence-corrected chi connectivity index (χ3v) is 1.06. The largest absolute Gasteiger partial charge is 0.382 e. The van der Waals surface area contributed by atoms with E-state index >= 15 is 0 Å². The molecule has 1 amide bonds. The second-order valence-corrected chi connectivity index (χ2v) is 1.78. The van der Waals surface area contributed by atoms with Gasteiger partial charge in [-0.2, -0.15) is 0 Å². The maximum atomic E-state index is 10.9. The molecule has 0 spiro atoms. The molecule has 0 aliphatic carbocycles. The normalized spacial score (nSPS) is 8.67. The number of rotatable bonds is 1. The van der Waals surface area contributed by atoms with Crippen molar-refractivity contribution < 1.29 is 4.79 Å². The average Bonchev–Trinajstić information content (AvgIpc) is 2.05. The van der Waals surface area contributed by atoms with E-state index in [-0.39, 0.29) is 11.5 Å². The molecule has 0 atom stereocenters. The van der Waals surface area contributed by atoms with Crippen LogP contribution in [0.25, 0.3) is 10.4 Å². The molecule has 1 aromatic rings. The molecule has 1 rings (SSSR count). The summed E-state index contributed by atoms with van der Waals surface area (Å²) in [5.74, 6) is -0.877. The van der Waals surface area contributed by atoms with Gasteiger partial charge in [0.1, 0.15) is 0 Å². The molecule has 0 fully saturated rings. The second-order valence-electron chi connectivity index (χ2n) is 1.78. The predicted octanol–water partition coefficient (Wildman–Crippen LogP) is 0.509. The highest BCUT2D eigenvalue weighted by Crippen LogP contribution is 2.04. The zero-order chi connectivity index (χ0) is 8.97. The Morgan fingerprint density at radius 3 is 2.83 bits per heavy atom. The summed E-state index contributed by atoms with van der Waals surface area (Å²) in [5, 5.41) is 2.81. The minimum atomic E-state index is -0.830. The van der Waals surface area contributed by atoms with E-state index in [1.165, 1.54) is 12.4 Å². The smallest absolute Gasteiger partial charge is 0.271 e. The quantitative estimate of drug-likeness (QED) is 0.369. The summed E-state index contributed by atoms with van der Waals surface area (Å²) in [4.78, 5) is 20.4. The Labute approximate surface area is 66.9 Å². The molecule has 2 N–H and O–H groups in total. The highest BCUT2D eigenvalue weighted by molar-refractivity contribution is 5.96. The summed E-state index contributed by atoms with van der Waals surface area (Å²) in [7, 11) is 0. The average molecular weight is 164 g/mol. The van der Waals surface area contributed by atoms with E-state index in [1.807, 2.05) is 0 Å². The molecule has 0 aromatic carbocycles. The van der Waals surface area contributed by atoms with E-state index in [9.17, 15) is 4.79 Å². The Bertz CT molecular complexity index is 355. The van der Waals surface area contributed by atoms with Gasteiger partial charge in [-0.05, 0) is 10.6 Å². The molecule has 0 aliphatic heterocycles. The van der Waals surface area contributed by atoms with Crippen molar-refractivity contribution in [1.82, 2.24) is 9.97 Å². The number of anilines is 1. The Morgan fingerprint density at radius 1 is 1.58 bits per heavy atom. The van der Waals surface area contributed by atoms with E-state index in [0.29, 0.717) is 0 Å². The first kappa shape index (κ1) is 7.96. The number of azide groups is 1. The van der Waals surface area contributed by atoms with Gasteiger partial charge in [0.15, 0.2) is 11.5 Å². The van der Waals surface area contributed by atoms with Crippen molar-refractivity contribution in [3.63, 3.8) is 0 Å². The molecular weight excluding hydrogens is 160 g/mol. The number of nitrogens with zero attached hydrogens (tertiary/aromatic N) is 5. The SMILES string of the molecule is [N-]=[N+]=NC(=O)c1nccnc1N. The minimum absolute atomic E-state index is 0.0464. The molecule has 60 valence electrons. The highest BCUT2D eigenvalue weighted by Gasteiger charge is 2.08. The van der Waals surface area contributed by atoms with Crippen LogP contribution in [0.5, 0.6) is 0 Å². The van der Waals surface area contributed by atoms with Gasteiger partial charge in [0.2, 0.25) is 0 Å². The first-order chi connectivity index (χ1) is 5.75. The van der Waals surface area contributed by atoms with E-state index in [4.69, 9.17) is 11.3 Å². The van der Waals surface area contributed by atoms with Gasteiger partial charge in [0.05, 0.1) is 0 Å². The van der Waals surface area contributed by atoms with Crippen LogP contribution >= 0.6 is 0 Å². The van der Waals surface area contributed by atoms with Crippen molar-refractivity contribution >= 4 is 11.7 Å². The van der Waals surface area contributed by atoms with Gasteiger partial charge < -0.3 is 5.73 Å². The van der Waals surface area contributed by atoms with Gasteiger partial charge in [-0.25, -0.2) is 9.97 Å². The lowest BCUT2D eigenvalue weighted by molar-refractivity contribution is 0.0996. The molecule has 12 heavy (non-hydrogen) atoms. The molecule has 0 saturated carbocycles.